The van der Waals surface area contributed by atoms with Gasteiger partial charge in [0.2, 0.25) is 0 Å². The van der Waals surface area contributed by atoms with Gasteiger partial charge in [-0.25, -0.2) is 4.68 Å². The van der Waals surface area contributed by atoms with E-state index in [0.717, 1.165) is 5.56 Å². The van der Waals surface area contributed by atoms with Crippen molar-refractivity contribution in [2.45, 2.75) is 6.54 Å². The first-order chi connectivity index (χ1) is 7.28. The van der Waals surface area contributed by atoms with Crippen LogP contribution in [0.3, 0.4) is 0 Å². The Morgan fingerprint density at radius 1 is 1.47 bits per heavy atom. The van der Waals surface area contributed by atoms with Crippen LogP contribution in [-0.4, -0.2) is 26.4 Å². The highest BCUT2D eigenvalue weighted by atomic mass is 16.3. The van der Waals surface area contributed by atoms with Crippen LogP contribution in [0.15, 0.2) is 30.5 Å². The van der Waals surface area contributed by atoms with Gasteiger partial charge in [-0.3, -0.25) is 4.79 Å². The summed E-state index contributed by atoms with van der Waals surface area (Å²) >= 11 is 0. The summed E-state index contributed by atoms with van der Waals surface area (Å²) in [7, 11) is 0. The second-order valence-corrected chi connectivity index (χ2v) is 3.13. The number of aromatic nitrogens is 3. The average Bonchev–Trinajstić information content (AvgIpc) is 2.65. The van der Waals surface area contributed by atoms with E-state index >= 15 is 0 Å². The minimum absolute atomic E-state index is 0.211. The number of hydrogen-bond acceptors (Lipinski definition) is 4. The van der Waals surface area contributed by atoms with Gasteiger partial charge in [-0.15, -0.1) is 5.10 Å². The number of phenols is 1. The SMILES string of the molecule is O=Cc1cn(Cc2cccc(O)c2)nn1. The van der Waals surface area contributed by atoms with Gasteiger partial charge in [0, 0.05) is 0 Å². The quantitative estimate of drug-likeness (QED) is 0.751. The van der Waals surface area contributed by atoms with Crippen molar-refractivity contribution in [1.82, 2.24) is 15.0 Å². The van der Waals surface area contributed by atoms with Gasteiger partial charge >= 0.3 is 0 Å². The van der Waals surface area contributed by atoms with E-state index in [0.29, 0.717) is 18.5 Å². The third kappa shape index (κ3) is 2.19. The first-order valence-corrected chi connectivity index (χ1v) is 4.41. The Hall–Kier alpha value is -2.17. The van der Waals surface area contributed by atoms with Gasteiger partial charge in [0.1, 0.15) is 11.4 Å². The largest absolute Gasteiger partial charge is 0.508 e. The molecule has 76 valence electrons. The molecule has 0 saturated heterocycles. The molecule has 2 rings (SSSR count). The number of hydrogen-bond donors (Lipinski definition) is 1. The Morgan fingerprint density at radius 2 is 2.33 bits per heavy atom. The number of carbonyl (C=O) groups excluding carboxylic acids is 1. The van der Waals surface area contributed by atoms with Crippen LogP contribution in [0, 0.1) is 0 Å². The molecule has 15 heavy (non-hydrogen) atoms. The van der Waals surface area contributed by atoms with Gasteiger partial charge in [-0.1, -0.05) is 17.3 Å². The lowest BCUT2D eigenvalue weighted by Gasteiger charge is -2.00. The van der Waals surface area contributed by atoms with E-state index in [1.165, 1.54) is 0 Å². The molecule has 1 aromatic heterocycles. The first-order valence-electron chi connectivity index (χ1n) is 4.41. The molecule has 0 fully saturated rings. The Labute approximate surface area is 86.0 Å². The number of aromatic hydroxyl groups is 1. The second kappa shape index (κ2) is 3.91. The van der Waals surface area contributed by atoms with Crippen LogP contribution in [0.5, 0.6) is 5.75 Å². The van der Waals surface area contributed by atoms with Crippen LogP contribution in [0.4, 0.5) is 0 Å². The molecule has 0 saturated carbocycles. The molecule has 0 amide bonds. The number of aldehydes is 1. The van der Waals surface area contributed by atoms with Crippen LogP contribution in [-0.2, 0) is 6.54 Å². The van der Waals surface area contributed by atoms with Crippen molar-refractivity contribution in [3.63, 3.8) is 0 Å². The van der Waals surface area contributed by atoms with Gasteiger partial charge < -0.3 is 5.11 Å². The van der Waals surface area contributed by atoms with Crippen LogP contribution >= 0.6 is 0 Å². The Morgan fingerprint density at radius 3 is 3.00 bits per heavy atom. The molecule has 2 aromatic rings. The number of rotatable bonds is 3. The van der Waals surface area contributed by atoms with Crippen molar-refractivity contribution in [2.24, 2.45) is 0 Å². The predicted octanol–water partition coefficient (Wildman–Crippen LogP) is 0.844. The molecule has 0 aliphatic heterocycles. The van der Waals surface area contributed by atoms with E-state index in [2.05, 4.69) is 10.3 Å². The highest BCUT2D eigenvalue weighted by Gasteiger charge is 2.00. The molecule has 0 aliphatic carbocycles. The number of phenolic OH excluding ortho intramolecular Hbond substituents is 1. The second-order valence-electron chi connectivity index (χ2n) is 3.13. The zero-order valence-corrected chi connectivity index (χ0v) is 7.87. The lowest BCUT2D eigenvalue weighted by molar-refractivity contribution is 0.111. The predicted molar refractivity (Wildman–Crippen MR) is 52.6 cm³/mol. The van der Waals surface area contributed by atoms with Crippen molar-refractivity contribution in [3.05, 3.63) is 41.7 Å². The van der Waals surface area contributed by atoms with E-state index in [1.807, 2.05) is 6.07 Å². The fourth-order valence-corrected chi connectivity index (χ4v) is 1.29. The maximum Gasteiger partial charge on any atom is 0.171 e. The summed E-state index contributed by atoms with van der Waals surface area (Å²) < 4.78 is 1.54. The van der Waals surface area contributed by atoms with Crippen LogP contribution in [0.2, 0.25) is 0 Å². The van der Waals surface area contributed by atoms with E-state index in [9.17, 15) is 9.90 Å². The average molecular weight is 203 g/mol. The summed E-state index contributed by atoms with van der Waals surface area (Å²) in [6.07, 6.45) is 2.20. The normalized spacial score (nSPS) is 10.1. The topological polar surface area (TPSA) is 68.0 Å². The van der Waals surface area contributed by atoms with Crippen molar-refractivity contribution in [1.29, 1.82) is 0 Å². The fraction of sp³-hybridized carbons (Fsp3) is 0.100. The van der Waals surface area contributed by atoms with Crippen molar-refractivity contribution in [3.8, 4) is 5.75 Å². The van der Waals surface area contributed by atoms with E-state index < -0.39 is 0 Å². The zero-order chi connectivity index (χ0) is 10.7. The molecule has 0 radical (unpaired) electrons. The van der Waals surface area contributed by atoms with Gasteiger partial charge in [-0.2, -0.15) is 0 Å². The summed E-state index contributed by atoms with van der Waals surface area (Å²) in [5, 5.41) is 16.6. The summed E-state index contributed by atoms with van der Waals surface area (Å²) in [5.74, 6) is 0.211. The maximum absolute atomic E-state index is 10.4. The fourth-order valence-electron chi connectivity index (χ4n) is 1.29. The Kier molecular flexibility index (Phi) is 2.45. The number of benzene rings is 1. The monoisotopic (exact) mass is 203 g/mol. The van der Waals surface area contributed by atoms with E-state index in [4.69, 9.17) is 0 Å². The van der Waals surface area contributed by atoms with E-state index in [1.54, 1.807) is 29.1 Å². The van der Waals surface area contributed by atoms with Gasteiger partial charge in [0.25, 0.3) is 0 Å². The molecule has 1 N–H and O–H groups in total. The lowest BCUT2D eigenvalue weighted by atomic mass is 10.2. The number of carbonyl (C=O) groups is 1. The van der Waals surface area contributed by atoms with E-state index in [-0.39, 0.29) is 5.75 Å². The van der Waals surface area contributed by atoms with Gasteiger partial charge in [-0.05, 0) is 17.7 Å². The molecule has 0 bridgehead atoms. The van der Waals surface area contributed by atoms with Crippen LogP contribution in [0.1, 0.15) is 16.1 Å². The molecule has 0 unspecified atom stereocenters. The smallest absolute Gasteiger partial charge is 0.171 e. The van der Waals surface area contributed by atoms with Gasteiger partial charge in [0.05, 0.1) is 12.7 Å². The molecule has 0 aliphatic rings. The molecule has 5 heteroatoms. The third-order valence-corrected chi connectivity index (χ3v) is 1.93. The minimum Gasteiger partial charge on any atom is -0.508 e. The van der Waals surface area contributed by atoms with Crippen molar-refractivity contribution >= 4 is 6.29 Å². The number of nitrogens with zero attached hydrogens (tertiary/aromatic N) is 3. The van der Waals surface area contributed by atoms with Gasteiger partial charge in [0.15, 0.2) is 6.29 Å². The highest BCUT2D eigenvalue weighted by molar-refractivity contribution is 5.70. The zero-order valence-electron chi connectivity index (χ0n) is 7.87. The minimum atomic E-state index is 0.211. The molecular formula is C10H9N3O2. The molecule has 0 spiro atoms. The molecule has 1 heterocycles. The molecular weight excluding hydrogens is 194 g/mol. The van der Waals surface area contributed by atoms with Crippen molar-refractivity contribution in [2.75, 3.05) is 0 Å². The summed E-state index contributed by atoms with van der Waals surface area (Å²) in [4.78, 5) is 10.4. The highest BCUT2D eigenvalue weighted by Crippen LogP contribution is 2.11. The molecule has 1 aromatic carbocycles. The maximum atomic E-state index is 10.4. The summed E-state index contributed by atoms with van der Waals surface area (Å²) in [6.45, 7) is 0.481. The summed E-state index contributed by atoms with van der Waals surface area (Å²) in [5.41, 5.74) is 1.20. The Bertz CT molecular complexity index is 479. The Balaban J connectivity index is 2.18. The standard InChI is InChI=1S/C10H9N3O2/c14-7-9-6-13(12-11-9)5-8-2-1-3-10(15)4-8/h1-4,6-7,15H,5H2. The van der Waals surface area contributed by atoms with Crippen LogP contribution < -0.4 is 0 Å². The summed E-state index contributed by atoms with van der Waals surface area (Å²) in [6, 6.07) is 6.86. The van der Waals surface area contributed by atoms with Crippen LogP contribution in [0.25, 0.3) is 0 Å². The molecule has 0 atom stereocenters. The first kappa shape index (κ1) is 9.39. The van der Waals surface area contributed by atoms with Crippen molar-refractivity contribution < 1.29 is 9.90 Å². The lowest BCUT2D eigenvalue weighted by Crippen LogP contribution is -1.99. The molecule has 5 nitrogen and oxygen atoms in total. The third-order valence-electron chi connectivity index (χ3n) is 1.93.